The van der Waals surface area contributed by atoms with E-state index in [1.807, 2.05) is 6.92 Å². The van der Waals surface area contributed by atoms with Crippen molar-refractivity contribution in [3.8, 4) is 0 Å². The minimum absolute atomic E-state index is 0. The molecule has 0 radical (unpaired) electrons. The lowest BCUT2D eigenvalue weighted by Gasteiger charge is -2.34. The molecule has 2 unspecified atom stereocenters. The van der Waals surface area contributed by atoms with Gasteiger partial charge in [0.25, 0.3) is 0 Å². The molecule has 0 saturated carbocycles. The maximum atomic E-state index is 12.7. The molecule has 1 aromatic rings. The van der Waals surface area contributed by atoms with Crippen molar-refractivity contribution >= 4 is 57.2 Å². The molecule has 2 rings (SSSR count). The van der Waals surface area contributed by atoms with Crippen molar-refractivity contribution in [3.05, 3.63) is 27.2 Å². The molecule has 1 fully saturated rings. The summed E-state index contributed by atoms with van der Waals surface area (Å²) < 4.78 is 26.7. The van der Waals surface area contributed by atoms with Crippen LogP contribution in [0.25, 0.3) is 0 Å². The fourth-order valence-corrected chi connectivity index (χ4v) is 5.30. The zero-order valence-electron chi connectivity index (χ0n) is 11.2. The van der Waals surface area contributed by atoms with Crippen LogP contribution in [0, 0.1) is 5.92 Å². The number of rotatable bonds is 2. The van der Waals surface area contributed by atoms with Gasteiger partial charge in [0.15, 0.2) is 0 Å². The highest BCUT2D eigenvalue weighted by Gasteiger charge is 2.34. The number of nitrogens with two attached hydrogens (primary N) is 1. The Kier molecular flexibility index (Phi) is 6.63. The maximum Gasteiger partial charge on any atom is 0.246 e. The fraction of sp³-hybridized carbons (Fsp3) is 0.500. The number of benzene rings is 1. The third kappa shape index (κ3) is 3.96. The second-order valence-electron chi connectivity index (χ2n) is 4.99. The number of piperidine rings is 1. The molecule has 0 aliphatic carbocycles. The van der Waals surface area contributed by atoms with Crippen molar-refractivity contribution in [3.63, 3.8) is 0 Å². The SMILES string of the molecule is CC1CN(S(=O)(=O)c2c(Cl)cc(Cl)cc2Cl)CCC1N.Cl. The first-order valence-electron chi connectivity index (χ1n) is 6.13. The Hall–Kier alpha value is 0.250. The molecule has 1 heterocycles. The molecule has 1 aliphatic rings. The molecule has 4 nitrogen and oxygen atoms in total. The predicted molar refractivity (Wildman–Crippen MR) is 89.2 cm³/mol. The van der Waals surface area contributed by atoms with Gasteiger partial charge in [-0.25, -0.2) is 8.42 Å². The molecular formula is C12H16Cl4N2O2S. The highest BCUT2D eigenvalue weighted by molar-refractivity contribution is 7.89. The first-order valence-corrected chi connectivity index (χ1v) is 8.71. The van der Waals surface area contributed by atoms with Gasteiger partial charge in [-0.3, -0.25) is 0 Å². The van der Waals surface area contributed by atoms with Crippen molar-refractivity contribution in [2.75, 3.05) is 13.1 Å². The molecule has 1 aliphatic heterocycles. The molecule has 0 bridgehead atoms. The van der Waals surface area contributed by atoms with Crippen LogP contribution in [0.15, 0.2) is 17.0 Å². The maximum absolute atomic E-state index is 12.7. The third-order valence-electron chi connectivity index (χ3n) is 3.50. The fourth-order valence-electron chi connectivity index (χ4n) is 2.25. The zero-order chi connectivity index (χ0) is 15.1. The van der Waals surface area contributed by atoms with E-state index in [-0.39, 0.29) is 39.3 Å². The van der Waals surface area contributed by atoms with E-state index in [1.54, 1.807) is 0 Å². The van der Waals surface area contributed by atoms with Crippen molar-refractivity contribution in [1.82, 2.24) is 4.31 Å². The van der Waals surface area contributed by atoms with Crippen molar-refractivity contribution in [1.29, 1.82) is 0 Å². The van der Waals surface area contributed by atoms with Crippen LogP contribution in [0.5, 0.6) is 0 Å². The van der Waals surface area contributed by atoms with E-state index in [2.05, 4.69) is 0 Å². The topological polar surface area (TPSA) is 63.4 Å². The number of hydrogen-bond acceptors (Lipinski definition) is 3. The monoisotopic (exact) mass is 392 g/mol. The van der Waals surface area contributed by atoms with Crippen LogP contribution in [0.1, 0.15) is 13.3 Å². The Morgan fingerprint density at radius 1 is 1.24 bits per heavy atom. The summed E-state index contributed by atoms with van der Waals surface area (Å²) in [7, 11) is -3.74. The molecule has 1 aromatic carbocycles. The predicted octanol–water partition coefficient (Wildman–Crippen LogP) is 3.43. The van der Waals surface area contributed by atoms with E-state index in [0.717, 1.165) is 0 Å². The zero-order valence-corrected chi connectivity index (χ0v) is 15.1. The lowest BCUT2D eigenvalue weighted by molar-refractivity contribution is 0.250. The van der Waals surface area contributed by atoms with Crippen LogP contribution in [0.4, 0.5) is 0 Å². The Bertz CT molecular complexity index is 601. The molecule has 0 aromatic heterocycles. The van der Waals surface area contributed by atoms with Crippen LogP contribution in [-0.4, -0.2) is 31.9 Å². The standard InChI is InChI=1S/C12H15Cl3N2O2S.ClH/c1-7-6-17(3-2-11(7)16)20(18,19)12-9(14)4-8(13)5-10(12)15;/h4-5,7,11H,2-3,6,16H2,1H3;1H. The van der Waals surface area contributed by atoms with Crippen LogP contribution in [0.2, 0.25) is 15.1 Å². The Labute approximate surface area is 146 Å². The van der Waals surface area contributed by atoms with E-state index in [4.69, 9.17) is 40.5 Å². The number of halogens is 4. The molecule has 2 atom stereocenters. The minimum atomic E-state index is -3.74. The molecule has 0 amide bonds. The lowest BCUT2D eigenvalue weighted by Crippen LogP contribution is -2.48. The lowest BCUT2D eigenvalue weighted by atomic mass is 9.96. The number of nitrogens with zero attached hydrogens (tertiary/aromatic N) is 1. The molecular weight excluding hydrogens is 378 g/mol. The second-order valence-corrected chi connectivity index (χ2v) is 8.12. The van der Waals surface area contributed by atoms with E-state index in [1.165, 1.54) is 16.4 Å². The first-order chi connectivity index (χ1) is 9.23. The van der Waals surface area contributed by atoms with E-state index in [9.17, 15) is 8.42 Å². The van der Waals surface area contributed by atoms with E-state index in [0.29, 0.717) is 24.5 Å². The Balaban J connectivity index is 0.00000220. The van der Waals surface area contributed by atoms with Crippen molar-refractivity contribution in [2.24, 2.45) is 11.7 Å². The van der Waals surface area contributed by atoms with Gasteiger partial charge in [0.1, 0.15) is 4.90 Å². The number of sulfonamides is 1. The van der Waals surface area contributed by atoms with Gasteiger partial charge in [-0.1, -0.05) is 41.7 Å². The van der Waals surface area contributed by atoms with Gasteiger partial charge in [0.05, 0.1) is 10.0 Å². The molecule has 21 heavy (non-hydrogen) atoms. The molecule has 2 N–H and O–H groups in total. The van der Waals surface area contributed by atoms with E-state index < -0.39 is 10.0 Å². The van der Waals surface area contributed by atoms with Crippen LogP contribution < -0.4 is 5.73 Å². The van der Waals surface area contributed by atoms with Gasteiger partial charge in [0.2, 0.25) is 10.0 Å². The summed E-state index contributed by atoms with van der Waals surface area (Å²) in [4.78, 5) is -0.0899. The summed E-state index contributed by atoms with van der Waals surface area (Å²) in [6.45, 7) is 2.65. The molecule has 0 spiro atoms. The highest BCUT2D eigenvalue weighted by Crippen LogP contribution is 2.35. The highest BCUT2D eigenvalue weighted by atomic mass is 35.5. The van der Waals surface area contributed by atoms with Gasteiger partial charge < -0.3 is 5.73 Å². The Morgan fingerprint density at radius 3 is 2.24 bits per heavy atom. The summed E-state index contributed by atoms with van der Waals surface area (Å²) in [5.41, 5.74) is 5.91. The normalized spacial score (nSPS) is 23.7. The molecule has 1 saturated heterocycles. The first kappa shape index (κ1) is 19.3. The molecule has 120 valence electrons. The molecule has 9 heteroatoms. The van der Waals surface area contributed by atoms with Gasteiger partial charge in [-0.2, -0.15) is 4.31 Å². The summed E-state index contributed by atoms with van der Waals surface area (Å²) in [6, 6.07) is 2.76. The van der Waals surface area contributed by atoms with Crippen LogP contribution in [0.3, 0.4) is 0 Å². The Morgan fingerprint density at radius 2 is 1.76 bits per heavy atom. The summed E-state index contributed by atoms with van der Waals surface area (Å²) in [5, 5.41) is 0.364. The van der Waals surface area contributed by atoms with Gasteiger partial charge >= 0.3 is 0 Å². The average molecular weight is 394 g/mol. The number of hydrogen-bond donors (Lipinski definition) is 1. The smallest absolute Gasteiger partial charge is 0.246 e. The third-order valence-corrected chi connectivity index (χ3v) is 6.50. The summed E-state index contributed by atoms with van der Waals surface area (Å²) >= 11 is 17.8. The van der Waals surface area contributed by atoms with Crippen molar-refractivity contribution in [2.45, 2.75) is 24.3 Å². The summed E-state index contributed by atoms with van der Waals surface area (Å²) in [6.07, 6.45) is 0.614. The largest absolute Gasteiger partial charge is 0.327 e. The quantitative estimate of drug-likeness (QED) is 0.836. The van der Waals surface area contributed by atoms with Gasteiger partial charge in [-0.05, 0) is 24.5 Å². The minimum Gasteiger partial charge on any atom is -0.327 e. The van der Waals surface area contributed by atoms with Crippen LogP contribution in [-0.2, 0) is 10.0 Å². The van der Waals surface area contributed by atoms with E-state index >= 15 is 0 Å². The summed E-state index contributed by atoms with van der Waals surface area (Å²) in [5.74, 6) is 0.0865. The van der Waals surface area contributed by atoms with Crippen molar-refractivity contribution < 1.29 is 8.42 Å². The van der Waals surface area contributed by atoms with Gasteiger partial charge in [0, 0.05) is 24.2 Å². The van der Waals surface area contributed by atoms with Crippen LogP contribution >= 0.6 is 47.2 Å². The van der Waals surface area contributed by atoms with Gasteiger partial charge in [-0.15, -0.1) is 12.4 Å². The second kappa shape index (κ2) is 7.21. The average Bonchev–Trinajstić information content (AvgIpc) is 2.30.